The Bertz CT molecular complexity index is 1140. The van der Waals surface area contributed by atoms with Crippen molar-refractivity contribution in [2.24, 2.45) is 5.92 Å². The predicted octanol–water partition coefficient (Wildman–Crippen LogP) is 2.69. The van der Waals surface area contributed by atoms with E-state index in [1.165, 1.54) is 29.1 Å². The molecular weight excluding hydrogens is 376 g/mol. The molecule has 1 aliphatic rings. The molecule has 8 heteroatoms. The van der Waals surface area contributed by atoms with Crippen LogP contribution in [0.2, 0.25) is 0 Å². The van der Waals surface area contributed by atoms with Crippen LogP contribution in [0, 0.1) is 5.92 Å². The first kappa shape index (κ1) is 18.6. The average molecular weight is 398 g/mol. The number of aromatic amines is 1. The summed E-state index contributed by atoms with van der Waals surface area (Å²) in [5.74, 6) is 0.260. The number of anilines is 1. The van der Waals surface area contributed by atoms with Crippen molar-refractivity contribution in [2.75, 3.05) is 5.32 Å². The monoisotopic (exact) mass is 398 g/mol. The van der Waals surface area contributed by atoms with E-state index in [9.17, 15) is 14.4 Å². The lowest BCUT2D eigenvalue weighted by atomic mass is 9.88. The van der Waals surface area contributed by atoms with Crippen LogP contribution in [-0.4, -0.2) is 20.4 Å². The number of carbonyl (C=O) groups excluding carboxylic acids is 1. The summed E-state index contributed by atoms with van der Waals surface area (Å²) in [4.78, 5) is 45.6. The molecule has 0 spiro atoms. The molecule has 1 unspecified atom stereocenters. The van der Waals surface area contributed by atoms with Crippen LogP contribution in [0.25, 0.3) is 10.9 Å². The van der Waals surface area contributed by atoms with Gasteiger partial charge in [-0.3, -0.25) is 14.2 Å². The van der Waals surface area contributed by atoms with Crippen molar-refractivity contribution in [2.45, 2.75) is 45.6 Å². The minimum Gasteiger partial charge on any atom is -0.307 e. The zero-order valence-electron chi connectivity index (χ0n) is 15.7. The molecule has 0 aliphatic heterocycles. The fraction of sp³-hybridized carbons (Fsp3) is 0.400. The molecule has 4 rings (SSSR count). The molecule has 2 aromatic heterocycles. The second kappa shape index (κ2) is 7.71. The molecule has 0 saturated heterocycles. The number of carbonyl (C=O) groups is 1. The lowest BCUT2D eigenvalue weighted by Crippen LogP contribution is -2.38. The molecule has 0 saturated carbocycles. The zero-order chi connectivity index (χ0) is 19.7. The smallest absolute Gasteiger partial charge is 0.307 e. The van der Waals surface area contributed by atoms with Crippen molar-refractivity contribution in [1.29, 1.82) is 0 Å². The number of amides is 1. The highest BCUT2D eigenvalue weighted by molar-refractivity contribution is 7.15. The van der Waals surface area contributed by atoms with Gasteiger partial charge in [0.1, 0.15) is 6.54 Å². The highest BCUT2D eigenvalue weighted by Gasteiger charge is 2.22. The van der Waals surface area contributed by atoms with E-state index in [0.717, 1.165) is 29.5 Å². The van der Waals surface area contributed by atoms with E-state index in [4.69, 9.17) is 0 Å². The number of para-hydroxylation sites is 1. The maximum atomic E-state index is 12.5. The van der Waals surface area contributed by atoms with Gasteiger partial charge in [0, 0.05) is 4.88 Å². The standard InChI is InChI=1S/C20H22N4O3S/c1-2-5-12-8-9-15-16(10-12)28-19(21-15)23-17(25)11-24-18(26)13-6-3-4-7-14(13)22-20(24)27/h3-4,6-7,12H,2,5,8-11H2,1H3,(H,22,27)(H,21,23,25). The molecule has 0 radical (unpaired) electrons. The summed E-state index contributed by atoms with van der Waals surface area (Å²) in [6, 6.07) is 6.75. The van der Waals surface area contributed by atoms with Crippen LogP contribution in [-0.2, 0) is 24.2 Å². The Balaban J connectivity index is 1.51. The van der Waals surface area contributed by atoms with Gasteiger partial charge in [-0.1, -0.05) is 31.9 Å². The number of fused-ring (bicyclic) bond motifs is 2. The summed E-state index contributed by atoms with van der Waals surface area (Å²) in [5.41, 5.74) is 0.451. The topological polar surface area (TPSA) is 96.8 Å². The average Bonchev–Trinajstić information content (AvgIpc) is 3.07. The summed E-state index contributed by atoms with van der Waals surface area (Å²) < 4.78 is 0.919. The third-order valence-electron chi connectivity index (χ3n) is 5.18. The molecule has 146 valence electrons. The first-order chi connectivity index (χ1) is 13.5. The summed E-state index contributed by atoms with van der Waals surface area (Å²) >= 11 is 1.50. The van der Waals surface area contributed by atoms with E-state index in [1.54, 1.807) is 24.3 Å². The molecule has 3 aromatic rings. The second-order valence-corrected chi connectivity index (χ2v) is 8.29. The number of aromatic nitrogens is 3. The Morgan fingerprint density at radius 3 is 3.00 bits per heavy atom. The Morgan fingerprint density at radius 1 is 1.36 bits per heavy atom. The van der Waals surface area contributed by atoms with Gasteiger partial charge >= 0.3 is 5.69 Å². The number of nitrogens with one attached hydrogen (secondary N) is 2. The number of H-pyrrole nitrogens is 1. The molecule has 2 heterocycles. The SMILES string of the molecule is CCCC1CCc2nc(NC(=O)Cn3c(=O)[nH]c4ccccc4c3=O)sc2C1. The van der Waals surface area contributed by atoms with E-state index >= 15 is 0 Å². The van der Waals surface area contributed by atoms with Crippen molar-refractivity contribution >= 4 is 33.3 Å². The van der Waals surface area contributed by atoms with Crippen LogP contribution in [0.3, 0.4) is 0 Å². The molecule has 1 aliphatic carbocycles. The Morgan fingerprint density at radius 2 is 2.18 bits per heavy atom. The fourth-order valence-corrected chi connectivity index (χ4v) is 4.93. The van der Waals surface area contributed by atoms with E-state index < -0.39 is 17.2 Å². The molecule has 7 nitrogen and oxygen atoms in total. The van der Waals surface area contributed by atoms with Gasteiger partial charge in [-0.25, -0.2) is 9.78 Å². The first-order valence-corrected chi connectivity index (χ1v) is 10.4. The third-order valence-corrected chi connectivity index (χ3v) is 6.21. The maximum Gasteiger partial charge on any atom is 0.329 e. The van der Waals surface area contributed by atoms with Crippen LogP contribution >= 0.6 is 11.3 Å². The van der Waals surface area contributed by atoms with Crippen LogP contribution in [0.1, 0.15) is 36.8 Å². The highest BCUT2D eigenvalue weighted by atomic mass is 32.1. The summed E-state index contributed by atoms with van der Waals surface area (Å²) in [7, 11) is 0. The third kappa shape index (κ3) is 3.64. The lowest BCUT2D eigenvalue weighted by molar-refractivity contribution is -0.116. The van der Waals surface area contributed by atoms with E-state index in [-0.39, 0.29) is 6.54 Å². The number of thiazole rings is 1. The molecule has 0 bridgehead atoms. The van der Waals surface area contributed by atoms with Crippen molar-refractivity contribution in [3.63, 3.8) is 0 Å². The number of benzene rings is 1. The molecule has 1 atom stereocenters. The molecule has 1 amide bonds. The van der Waals surface area contributed by atoms with E-state index in [0.29, 0.717) is 22.0 Å². The van der Waals surface area contributed by atoms with Crippen LogP contribution in [0.4, 0.5) is 5.13 Å². The van der Waals surface area contributed by atoms with Gasteiger partial charge in [0.25, 0.3) is 5.56 Å². The van der Waals surface area contributed by atoms with Crippen molar-refractivity contribution in [1.82, 2.24) is 14.5 Å². The largest absolute Gasteiger partial charge is 0.329 e. The van der Waals surface area contributed by atoms with Gasteiger partial charge in [-0.2, -0.15) is 0 Å². The predicted molar refractivity (Wildman–Crippen MR) is 110 cm³/mol. The van der Waals surface area contributed by atoms with Crippen molar-refractivity contribution in [3.05, 3.63) is 55.7 Å². The van der Waals surface area contributed by atoms with Gasteiger partial charge < -0.3 is 10.3 Å². The molecule has 2 N–H and O–H groups in total. The molecule has 28 heavy (non-hydrogen) atoms. The Hall–Kier alpha value is -2.74. The zero-order valence-corrected chi connectivity index (χ0v) is 16.5. The highest BCUT2D eigenvalue weighted by Crippen LogP contribution is 2.34. The number of nitrogens with zero attached hydrogens (tertiary/aromatic N) is 2. The Kier molecular flexibility index (Phi) is 5.13. The van der Waals surface area contributed by atoms with Gasteiger partial charge in [-0.05, 0) is 37.3 Å². The molecule has 1 aromatic carbocycles. The van der Waals surface area contributed by atoms with Crippen LogP contribution < -0.4 is 16.6 Å². The Labute approximate surface area is 165 Å². The number of rotatable bonds is 5. The maximum absolute atomic E-state index is 12.5. The first-order valence-electron chi connectivity index (χ1n) is 9.55. The number of hydrogen-bond acceptors (Lipinski definition) is 5. The number of hydrogen-bond donors (Lipinski definition) is 2. The number of aryl methyl sites for hydroxylation is 1. The van der Waals surface area contributed by atoms with Crippen LogP contribution in [0.5, 0.6) is 0 Å². The summed E-state index contributed by atoms with van der Waals surface area (Å²) in [5, 5.41) is 3.67. The van der Waals surface area contributed by atoms with Crippen molar-refractivity contribution in [3.8, 4) is 0 Å². The lowest BCUT2D eigenvalue weighted by Gasteiger charge is -2.19. The van der Waals surface area contributed by atoms with Gasteiger partial charge in [0.2, 0.25) is 5.91 Å². The van der Waals surface area contributed by atoms with E-state index in [2.05, 4.69) is 22.2 Å². The van der Waals surface area contributed by atoms with Gasteiger partial charge in [0.05, 0.1) is 16.6 Å². The molecular formula is C20H22N4O3S. The minimum atomic E-state index is -0.598. The summed E-state index contributed by atoms with van der Waals surface area (Å²) in [6.45, 7) is 1.85. The normalized spacial score (nSPS) is 16.1. The summed E-state index contributed by atoms with van der Waals surface area (Å²) in [6.07, 6.45) is 5.49. The van der Waals surface area contributed by atoms with Gasteiger partial charge in [0.15, 0.2) is 5.13 Å². The molecule has 0 fully saturated rings. The van der Waals surface area contributed by atoms with E-state index in [1.807, 2.05) is 0 Å². The van der Waals surface area contributed by atoms with Crippen molar-refractivity contribution < 1.29 is 4.79 Å². The fourth-order valence-electron chi connectivity index (χ4n) is 3.80. The quantitative estimate of drug-likeness (QED) is 0.690. The second-order valence-electron chi connectivity index (χ2n) is 7.20. The van der Waals surface area contributed by atoms with Crippen LogP contribution in [0.15, 0.2) is 33.9 Å². The minimum absolute atomic E-state index is 0.346. The van der Waals surface area contributed by atoms with Gasteiger partial charge in [-0.15, -0.1) is 11.3 Å².